The van der Waals surface area contributed by atoms with Crippen LogP contribution in [-0.2, 0) is 15.1 Å². The standard InChI is InChI=1S/C21H24ClN3O3/c1-21(17-5-3-2-4-6-17)15-25(9-12-28-21)19-18(22)13-16(14-23-19)20(26)24-7-10-27-11-8-24/h2-6,13-14H,7-12,15H2,1H3. The third-order valence-electron chi connectivity index (χ3n) is 5.33. The Labute approximate surface area is 170 Å². The first-order chi connectivity index (χ1) is 13.6. The number of nitrogens with zero attached hydrogens (tertiary/aromatic N) is 3. The van der Waals surface area contributed by atoms with Crippen molar-refractivity contribution in [3.8, 4) is 0 Å². The van der Waals surface area contributed by atoms with Gasteiger partial charge < -0.3 is 19.3 Å². The molecule has 0 bridgehead atoms. The Morgan fingerprint density at radius 3 is 2.61 bits per heavy atom. The molecule has 2 saturated heterocycles. The van der Waals surface area contributed by atoms with E-state index in [-0.39, 0.29) is 5.91 Å². The van der Waals surface area contributed by atoms with Crippen LogP contribution in [0.2, 0.25) is 5.02 Å². The van der Waals surface area contributed by atoms with Crippen LogP contribution >= 0.6 is 11.6 Å². The molecule has 0 saturated carbocycles. The lowest BCUT2D eigenvalue weighted by Crippen LogP contribution is -2.48. The number of rotatable bonds is 3. The van der Waals surface area contributed by atoms with Crippen LogP contribution < -0.4 is 4.90 Å². The Bertz CT molecular complexity index is 842. The minimum atomic E-state index is -0.438. The molecule has 0 spiro atoms. The molecule has 1 aromatic carbocycles. The Kier molecular flexibility index (Phi) is 5.53. The van der Waals surface area contributed by atoms with Crippen LogP contribution in [0.5, 0.6) is 0 Å². The summed E-state index contributed by atoms with van der Waals surface area (Å²) < 4.78 is 11.4. The minimum Gasteiger partial charge on any atom is -0.378 e. The number of benzene rings is 1. The van der Waals surface area contributed by atoms with Crippen molar-refractivity contribution < 1.29 is 14.3 Å². The Morgan fingerprint density at radius 2 is 1.89 bits per heavy atom. The molecule has 2 aliphatic rings. The highest BCUT2D eigenvalue weighted by Crippen LogP contribution is 2.33. The van der Waals surface area contributed by atoms with E-state index in [1.54, 1.807) is 17.2 Å². The van der Waals surface area contributed by atoms with Gasteiger partial charge in [-0.25, -0.2) is 4.98 Å². The Hall–Kier alpha value is -2.15. The third kappa shape index (κ3) is 3.85. The third-order valence-corrected chi connectivity index (χ3v) is 5.60. The zero-order valence-electron chi connectivity index (χ0n) is 15.9. The second kappa shape index (κ2) is 8.07. The van der Waals surface area contributed by atoms with Gasteiger partial charge in [0.25, 0.3) is 5.91 Å². The lowest BCUT2D eigenvalue weighted by Gasteiger charge is -2.41. The molecule has 2 aliphatic heterocycles. The van der Waals surface area contributed by atoms with Crippen molar-refractivity contribution in [3.05, 3.63) is 58.7 Å². The van der Waals surface area contributed by atoms with Crippen molar-refractivity contribution in [1.29, 1.82) is 0 Å². The summed E-state index contributed by atoms with van der Waals surface area (Å²) in [7, 11) is 0. The number of amides is 1. The molecule has 1 unspecified atom stereocenters. The number of hydrogen-bond acceptors (Lipinski definition) is 5. The van der Waals surface area contributed by atoms with Gasteiger partial charge in [-0.1, -0.05) is 41.9 Å². The lowest BCUT2D eigenvalue weighted by molar-refractivity contribution is -0.0467. The first-order valence-electron chi connectivity index (χ1n) is 9.54. The smallest absolute Gasteiger partial charge is 0.255 e. The SMILES string of the molecule is CC1(c2ccccc2)CN(c2ncc(C(=O)N3CCOCC3)cc2Cl)CCO1. The zero-order chi connectivity index (χ0) is 19.6. The number of ether oxygens (including phenoxy) is 2. The number of morpholine rings is 2. The monoisotopic (exact) mass is 401 g/mol. The number of hydrogen-bond donors (Lipinski definition) is 0. The molecule has 0 aliphatic carbocycles. The predicted octanol–water partition coefficient (Wildman–Crippen LogP) is 2.96. The maximum absolute atomic E-state index is 12.7. The molecule has 28 heavy (non-hydrogen) atoms. The average Bonchev–Trinajstić information content (AvgIpc) is 2.74. The summed E-state index contributed by atoms with van der Waals surface area (Å²) in [4.78, 5) is 21.1. The molecule has 1 aromatic heterocycles. The normalized spacial score (nSPS) is 22.9. The van der Waals surface area contributed by atoms with Gasteiger partial charge in [-0.05, 0) is 18.6 Å². The number of anilines is 1. The topological polar surface area (TPSA) is 54.9 Å². The van der Waals surface area contributed by atoms with Gasteiger partial charge in [0, 0.05) is 25.8 Å². The van der Waals surface area contributed by atoms with Crippen LogP contribution in [-0.4, -0.2) is 61.8 Å². The molecular formula is C21H24ClN3O3. The average molecular weight is 402 g/mol. The lowest BCUT2D eigenvalue weighted by atomic mass is 9.94. The van der Waals surface area contributed by atoms with Gasteiger partial charge in [-0.15, -0.1) is 0 Å². The number of carbonyl (C=O) groups is 1. The zero-order valence-corrected chi connectivity index (χ0v) is 16.7. The van der Waals surface area contributed by atoms with E-state index in [4.69, 9.17) is 21.1 Å². The van der Waals surface area contributed by atoms with Crippen LogP contribution in [0.3, 0.4) is 0 Å². The molecule has 1 atom stereocenters. The minimum absolute atomic E-state index is 0.0552. The van der Waals surface area contributed by atoms with E-state index in [2.05, 4.69) is 28.9 Å². The number of halogens is 1. The van der Waals surface area contributed by atoms with Gasteiger partial charge in [0.1, 0.15) is 11.4 Å². The van der Waals surface area contributed by atoms with E-state index in [0.717, 1.165) is 5.56 Å². The molecule has 0 N–H and O–H groups in total. The van der Waals surface area contributed by atoms with Crippen LogP contribution in [0.4, 0.5) is 5.82 Å². The molecule has 3 heterocycles. The van der Waals surface area contributed by atoms with E-state index >= 15 is 0 Å². The highest BCUT2D eigenvalue weighted by atomic mass is 35.5. The summed E-state index contributed by atoms with van der Waals surface area (Å²) >= 11 is 6.54. The molecule has 1 amide bonds. The van der Waals surface area contributed by atoms with Crippen LogP contribution in [0.25, 0.3) is 0 Å². The van der Waals surface area contributed by atoms with Gasteiger partial charge in [0.15, 0.2) is 0 Å². The van der Waals surface area contributed by atoms with Gasteiger partial charge in [0.2, 0.25) is 0 Å². The number of carbonyl (C=O) groups excluding carboxylic acids is 1. The maximum Gasteiger partial charge on any atom is 0.255 e. The van der Waals surface area contributed by atoms with E-state index in [9.17, 15) is 4.79 Å². The Balaban J connectivity index is 1.53. The van der Waals surface area contributed by atoms with E-state index in [1.165, 1.54) is 0 Å². The van der Waals surface area contributed by atoms with Crippen molar-refractivity contribution in [3.63, 3.8) is 0 Å². The predicted molar refractivity (Wildman–Crippen MR) is 108 cm³/mol. The second-order valence-corrected chi connectivity index (χ2v) is 7.71. The van der Waals surface area contributed by atoms with Crippen molar-refractivity contribution >= 4 is 23.3 Å². The summed E-state index contributed by atoms with van der Waals surface area (Å²) in [6.45, 7) is 6.32. The molecule has 148 valence electrons. The van der Waals surface area contributed by atoms with Gasteiger partial charge >= 0.3 is 0 Å². The first kappa shape index (κ1) is 19.2. The molecule has 6 nitrogen and oxygen atoms in total. The summed E-state index contributed by atoms with van der Waals surface area (Å²) in [6, 6.07) is 11.9. The van der Waals surface area contributed by atoms with Crippen LogP contribution in [0.15, 0.2) is 42.6 Å². The largest absolute Gasteiger partial charge is 0.378 e. The van der Waals surface area contributed by atoms with Crippen molar-refractivity contribution in [2.75, 3.05) is 50.9 Å². The Morgan fingerprint density at radius 1 is 1.14 bits per heavy atom. The summed E-state index contributed by atoms with van der Waals surface area (Å²) in [5.74, 6) is 0.631. The van der Waals surface area contributed by atoms with E-state index in [1.807, 2.05) is 18.2 Å². The number of aromatic nitrogens is 1. The van der Waals surface area contributed by atoms with Crippen molar-refractivity contribution in [2.24, 2.45) is 0 Å². The van der Waals surface area contributed by atoms with Crippen molar-refractivity contribution in [1.82, 2.24) is 9.88 Å². The van der Waals surface area contributed by atoms with Crippen LogP contribution in [0, 0.1) is 0 Å². The first-order valence-corrected chi connectivity index (χ1v) is 9.92. The fraction of sp³-hybridized carbons (Fsp3) is 0.429. The molecule has 2 fully saturated rings. The fourth-order valence-corrected chi connectivity index (χ4v) is 4.03. The molecule has 2 aromatic rings. The van der Waals surface area contributed by atoms with E-state index in [0.29, 0.717) is 62.4 Å². The fourth-order valence-electron chi connectivity index (χ4n) is 3.75. The summed E-state index contributed by atoms with van der Waals surface area (Å²) in [6.07, 6.45) is 1.62. The summed E-state index contributed by atoms with van der Waals surface area (Å²) in [5.41, 5.74) is 1.19. The number of pyridine rings is 1. The maximum atomic E-state index is 12.7. The van der Waals surface area contributed by atoms with Crippen LogP contribution in [0.1, 0.15) is 22.8 Å². The van der Waals surface area contributed by atoms with Crippen molar-refractivity contribution in [2.45, 2.75) is 12.5 Å². The highest BCUT2D eigenvalue weighted by Gasteiger charge is 2.35. The van der Waals surface area contributed by atoms with Gasteiger partial charge in [-0.3, -0.25) is 4.79 Å². The quantitative estimate of drug-likeness (QED) is 0.791. The second-order valence-electron chi connectivity index (χ2n) is 7.30. The van der Waals surface area contributed by atoms with E-state index < -0.39 is 5.60 Å². The van der Waals surface area contributed by atoms with Gasteiger partial charge in [0.05, 0.1) is 37.0 Å². The molecule has 4 rings (SSSR count). The molecule has 0 radical (unpaired) electrons. The molecular weight excluding hydrogens is 378 g/mol. The highest BCUT2D eigenvalue weighted by molar-refractivity contribution is 6.33. The summed E-state index contributed by atoms with van der Waals surface area (Å²) in [5, 5.41) is 0.483. The molecule has 7 heteroatoms. The van der Waals surface area contributed by atoms with Gasteiger partial charge in [-0.2, -0.15) is 0 Å².